The first-order chi connectivity index (χ1) is 10.6. The summed E-state index contributed by atoms with van der Waals surface area (Å²) in [4.78, 5) is 0. The quantitative estimate of drug-likeness (QED) is 0.886. The summed E-state index contributed by atoms with van der Waals surface area (Å²) < 4.78 is 1.78. The van der Waals surface area contributed by atoms with E-state index in [4.69, 9.17) is 0 Å². The molecule has 3 rings (SSSR count). The Morgan fingerprint density at radius 3 is 2.64 bits per heavy atom. The van der Waals surface area contributed by atoms with Crippen molar-refractivity contribution in [2.45, 2.75) is 45.6 Å². The average molecular weight is 301 g/mol. The fourth-order valence-electron chi connectivity index (χ4n) is 3.11. The molecule has 0 radical (unpaired) electrons. The molecule has 0 bridgehead atoms. The third-order valence-electron chi connectivity index (χ3n) is 4.31. The number of aliphatic hydroxyl groups excluding tert-OH is 1. The summed E-state index contributed by atoms with van der Waals surface area (Å²) in [6.45, 7) is 4.47. The summed E-state index contributed by atoms with van der Waals surface area (Å²) in [6.07, 6.45) is 4.43. The third-order valence-corrected chi connectivity index (χ3v) is 4.31. The number of rotatable bonds is 5. The zero-order chi connectivity index (χ0) is 15.5. The predicted molar refractivity (Wildman–Crippen MR) is 85.1 cm³/mol. The van der Waals surface area contributed by atoms with E-state index >= 15 is 0 Å². The average Bonchev–Trinajstić information content (AvgIpc) is 3.15. The van der Waals surface area contributed by atoms with E-state index in [2.05, 4.69) is 20.6 Å². The minimum Gasteiger partial charge on any atom is -0.391 e. The molecule has 1 unspecified atom stereocenters. The Morgan fingerprint density at radius 2 is 2.05 bits per heavy atom. The van der Waals surface area contributed by atoms with Gasteiger partial charge in [0.1, 0.15) is 5.82 Å². The molecule has 2 N–H and O–H groups in total. The summed E-state index contributed by atoms with van der Waals surface area (Å²) in [5.41, 5.74) is 1.99. The van der Waals surface area contributed by atoms with Crippen molar-refractivity contribution in [3.05, 3.63) is 29.6 Å². The van der Waals surface area contributed by atoms with Crippen LogP contribution in [0.25, 0.3) is 5.82 Å². The summed E-state index contributed by atoms with van der Waals surface area (Å²) >= 11 is 0. The van der Waals surface area contributed by atoms with Gasteiger partial charge in [-0.05, 0) is 50.8 Å². The van der Waals surface area contributed by atoms with E-state index in [0.717, 1.165) is 24.2 Å². The van der Waals surface area contributed by atoms with E-state index in [1.54, 1.807) is 4.68 Å². The molecule has 6 heteroatoms. The van der Waals surface area contributed by atoms with Crippen molar-refractivity contribution in [2.75, 3.05) is 11.9 Å². The maximum absolute atomic E-state index is 10.2. The van der Waals surface area contributed by atoms with Gasteiger partial charge < -0.3 is 10.4 Å². The van der Waals surface area contributed by atoms with Crippen LogP contribution in [0.1, 0.15) is 37.1 Å². The number of anilines is 1. The highest BCUT2D eigenvalue weighted by atomic mass is 16.3. The van der Waals surface area contributed by atoms with Crippen LogP contribution in [0.5, 0.6) is 0 Å². The second-order valence-electron chi connectivity index (χ2n) is 6.11. The van der Waals surface area contributed by atoms with Gasteiger partial charge in [-0.25, -0.2) is 4.68 Å². The molecule has 0 spiro atoms. The molecule has 2 aromatic heterocycles. The van der Waals surface area contributed by atoms with Crippen molar-refractivity contribution in [1.29, 1.82) is 0 Å². The maximum Gasteiger partial charge on any atom is 0.176 e. The SMILES string of the molecule is Cc1cc(C)n(-c2ccc(NCC(O)C3CCCC3)nn2)n1. The van der Waals surface area contributed by atoms with E-state index in [1.165, 1.54) is 12.8 Å². The van der Waals surface area contributed by atoms with E-state index in [-0.39, 0.29) is 6.10 Å². The monoisotopic (exact) mass is 301 g/mol. The normalized spacial score (nSPS) is 16.9. The first kappa shape index (κ1) is 15.0. The van der Waals surface area contributed by atoms with Gasteiger partial charge in [0.25, 0.3) is 0 Å². The third kappa shape index (κ3) is 3.27. The molecule has 22 heavy (non-hydrogen) atoms. The smallest absolute Gasteiger partial charge is 0.176 e. The molecular formula is C16H23N5O. The zero-order valence-electron chi connectivity index (χ0n) is 13.2. The van der Waals surface area contributed by atoms with Gasteiger partial charge >= 0.3 is 0 Å². The fourth-order valence-corrected chi connectivity index (χ4v) is 3.11. The Bertz CT molecular complexity index is 616. The number of hydrogen-bond donors (Lipinski definition) is 2. The van der Waals surface area contributed by atoms with Crippen LogP contribution in [-0.2, 0) is 0 Å². The Labute approximate surface area is 130 Å². The van der Waals surface area contributed by atoms with Gasteiger partial charge in [-0.3, -0.25) is 0 Å². The second-order valence-corrected chi connectivity index (χ2v) is 6.11. The molecule has 0 aromatic carbocycles. The number of aryl methyl sites for hydroxylation is 2. The molecule has 1 aliphatic rings. The summed E-state index contributed by atoms with van der Waals surface area (Å²) in [5.74, 6) is 1.81. The minimum atomic E-state index is -0.306. The molecule has 6 nitrogen and oxygen atoms in total. The summed E-state index contributed by atoms with van der Waals surface area (Å²) in [6, 6.07) is 5.77. The highest BCUT2D eigenvalue weighted by Crippen LogP contribution is 2.27. The van der Waals surface area contributed by atoms with E-state index < -0.39 is 0 Å². The van der Waals surface area contributed by atoms with Crippen LogP contribution in [0.3, 0.4) is 0 Å². The number of hydrogen-bond acceptors (Lipinski definition) is 5. The second kappa shape index (κ2) is 6.44. The topological polar surface area (TPSA) is 75.9 Å². The Morgan fingerprint density at radius 1 is 1.27 bits per heavy atom. The van der Waals surface area contributed by atoms with E-state index in [0.29, 0.717) is 24.1 Å². The van der Waals surface area contributed by atoms with E-state index in [9.17, 15) is 5.11 Å². The molecule has 1 saturated carbocycles. The first-order valence-corrected chi connectivity index (χ1v) is 7.93. The van der Waals surface area contributed by atoms with Crippen molar-refractivity contribution in [3.63, 3.8) is 0 Å². The van der Waals surface area contributed by atoms with Crippen LogP contribution in [0, 0.1) is 19.8 Å². The zero-order valence-corrected chi connectivity index (χ0v) is 13.2. The van der Waals surface area contributed by atoms with Gasteiger partial charge in [-0.2, -0.15) is 5.10 Å². The lowest BCUT2D eigenvalue weighted by molar-refractivity contribution is 0.122. The molecule has 0 amide bonds. The predicted octanol–water partition coefficient (Wildman–Crippen LogP) is 2.24. The van der Waals surface area contributed by atoms with E-state index in [1.807, 2.05) is 32.0 Å². The lowest BCUT2D eigenvalue weighted by Gasteiger charge is -2.18. The van der Waals surface area contributed by atoms with Gasteiger partial charge in [0.05, 0.1) is 11.8 Å². The summed E-state index contributed by atoms with van der Waals surface area (Å²) in [7, 11) is 0. The standard InChI is InChI=1S/C16H23N5O/c1-11-9-12(2)21(20-11)16-8-7-15(18-19-16)17-10-14(22)13-5-3-4-6-13/h7-9,13-14,22H,3-6,10H2,1-2H3,(H,17,18). The van der Waals surface area contributed by atoms with Crippen molar-refractivity contribution in [2.24, 2.45) is 5.92 Å². The Balaban J connectivity index is 1.60. The molecule has 1 fully saturated rings. The molecule has 0 saturated heterocycles. The Hall–Kier alpha value is -1.95. The molecule has 1 aliphatic carbocycles. The highest BCUT2D eigenvalue weighted by molar-refractivity contribution is 5.37. The minimum absolute atomic E-state index is 0.306. The van der Waals surface area contributed by atoms with Crippen molar-refractivity contribution < 1.29 is 5.11 Å². The first-order valence-electron chi connectivity index (χ1n) is 7.93. The Kier molecular flexibility index (Phi) is 4.38. The number of aliphatic hydroxyl groups is 1. The summed E-state index contributed by atoms with van der Waals surface area (Å²) in [5, 5.41) is 26.1. The molecule has 1 atom stereocenters. The maximum atomic E-state index is 10.2. The molecular weight excluding hydrogens is 278 g/mol. The van der Waals surface area contributed by atoms with Crippen molar-refractivity contribution >= 4 is 5.82 Å². The van der Waals surface area contributed by atoms with Crippen LogP contribution in [0.2, 0.25) is 0 Å². The van der Waals surface area contributed by atoms with Crippen LogP contribution in [0.15, 0.2) is 18.2 Å². The lowest BCUT2D eigenvalue weighted by atomic mass is 10.0. The number of nitrogens with one attached hydrogen (secondary N) is 1. The largest absolute Gasteiger partial charge is 0.391 e. The number of aromatic nitrogens is 4. The lowest BCUT2D eigenvalue weighted by Crippen LogP contribution is -2.27. The van der Waals surface area contributed by atoms with Gasteiger partial charge in [0.2, 0.25) is 0 Å². The fraction of sp³-hybridized carbons (Fsp3) is 0.562. The van der Waals surface area contributed by atoms with Crippen LogP contribution >= 0.6 is 0 Å². The highest BCUT2D eigenvalue weighted by Gasteiger charge is 2.22. The molecule has 0 aliphatic heterocycles. The van der Waals surface area contributed by atoms with Gasteiger partial charge in [0.15, 0.2) is 5.82 Å². The van der Waals surface area contributed by atoms with Crippen LogP contribution < -0.4 is 5.32 Å². The molecule has 118 valence electrons. The van der Waals surface area contributed by atoms with Crippen molar-refractivity contribution in [1.82, 2.24) is 20.0 Å². The molecule has 2 heterocycles. The van der Waals surface area contributed by atoms with Crippen LogP contribution in [-0.4, -0.2) is 37.7 Å². The van der Waals surface area contributed by atoms with Gasteiger partial charge in [-0.1, -0.05) is 12.8 Å². The van der Waals surface area contributed by atoms with Crippen LogP contribution in [0.4, 0.5) is 5.82 Å². The van der Waals surface area contributed by atoms with Gasteiger partial charge in [-0.15, -0.1) is 10.2 Å². The number of nitrogens with zero attached hydrogens (tertiary/aromatic N) is 4. The molecule has 2 aromatic rings. The van der Waals surface area contributed by atoms with Gasteiger partial charge in [0, 0.05) is 12.2 Å². The van der Waals surface area contributed by atoms with Crippen molar-refractivity contribution in [3.8, 4) is 5.82 Å².